The first kappa shape index (κ1) is 23.1. The molecule has 0 spiro atoms. The summed E-state index contributed by atoms with van der Waals surface area (Å²) in [6.07, 6.45) is 5.22. The van der Waals surface area contributed by atoms with E-state index in [-0.39, 0.29) is 24.1 Å². The fourth-order valence-electron chi connectivity index (χ4n) is 5.20. The first-order valence-electron chi connectivity index (χ1n) is 11.1. The third-order valence-electron chi connectivity index (χ3n) is 6.44. The monoisotopic (exact) mass is 424 g/mol. The molecule has 2 saturated heterocycles. The Balaban J connectivity index is 2.07. The standard InChI is InChI=1S/C26H36N2O3/c1-8-12-26(13-9-2)17-21-22(20-11-10-18(3)16-19(20)4)28(15-14-27(21)23(26)29)24(30)31-25(5,6)7/h8-11,16,21-22H,1-2,12-15,17H2,3-7H3/t21-,22-/m0/s1. The zero-order valence-corrected chi connectivity index (χ0v) is 19.6. The van der Waals surface area contributed by atoms with E-state index < -0.39 is 11.0 Å². The number of hydrogen-bond donors (Lipinski definition) is 0. The van der Waals surface area contributed by atoms with Crippen molar-refractivity contribution in [2.75, 3.05) is 13.1 Å². The minimum Gasteiger partial charge on any atom is -0.444 e. The number of carbonyl (C=O) groups is 2. The molecule has 2 fully saturated rings. The molecule has 2 atom stereocenters. The number of hydrogen-bond acceptors (Lipinski definition) is 3. The van der Waals surface area contributed by atoms with Crippen LogP contribution in [0, 0.1) is 19.3 Å². The smallest absolute Gasteiger partial charge is 0.410 e. The molecular weight excluding hydrogens is 388 g/mol. The number of aryl methyl sites for hydroxylation is 2. The van der Waals surface area contributed by atoms with Crippen LogP contribution in [-0.2, 0) is 9.53 Å². The maximum absolute atomic E-state index is 13.6. The van der Waals surface area contributed by atoms with Gasteiger partial charge in [-0.3, -0.25) is 9.69 Å². The average molecular weight is 425 g/mol. The molecule has 0 saturated carbocycles. The molecule has 2 aliphatic rings. The lowest BCUT2D eigenvalue weighted by Gasteiger charge is -2.45. The van der Waals surface area contributed by atoms with Gasteiger partial charge >= 0.3 is 6.09 Å². The average Bonchev–Trinajstić information content (AvgIpc) is 2.93. The van der Waals surface area contributed by atoms with Crippen molar-refractivity contribution in [2.24, 2.45) is 5.41 Å². The lowest BCUT2D eigenvalue weighted by Crippen LogP contribution is -2.56. The molecule has 31 heavy (non-hydrogen) atoms. The van der Waals surface area contributed by atoms with Crippen LogP contribution in [0.1, 0.15) is 62.8 Å². The van der Waals surface area contributed by atoms with Crippen molar-refractivity contribution in [3.63, 3.8) is 0 Å². The number of allylic oxidation sites excluding steroid dienone is 2. The van der Waals surface area contributed by atoms with E-state index in [9.17, 15) is 9.59 Å². The van der Waals surface area contributed by atoms with Crippen molar-refractivity contribution < 1.29 is 14.3 Å². The highest BCUT2D eigenvalue weighted by Gasteiger charge is 2.56. The topological polar surface area (TPSA) is 49.9 Å². The summed E-state index contributed by atoms with van der Waals surface area (Å²) in [6, 6.07) is 5.96. The van der Waals surface area contributed by atoms with Crippen molar-refractivity contribution in [3.8, 4) is 0 Å². The van der Waals surface area contributed by atoms with Crippen molar-refractivity contribution in [3.05, 3.63) is 60.2 Å². The summed E-state index contributed by atoms with van der Waals surface area (Å²) in [5.41, 5.74) is 2.26. The van der Waals surface area contributed by atoms with Gasteiger partial charge in [-0.2, -0.15) is 0 Å². The van der Waals surface area contributed by atoms with Crippen LogP contribution in [-0.4, -0.2) is 46.5 Å². The highest BCUT2D eigenvalue weighted by molar-refractivity contribution is 5.86. The van der Waals surface area contributed by atoms with Crippen molar-refractivity contribution in [1.29, 1.82) is 0 Å². The van der Waals surface area contributed by atoms with E-state index in [1.807, 2.05) is 42.7 Å². The van der Waals surface area contributed by atoms with Gasteiger partial charge in [-0.25, -0.2) is 4.79 Å². The van der Waals surface area contributed by atoms with Crippen LogP contribution >= 0.6 is 0 Å². The number of rotatable bonds is 5. The normalized spacial score (nSPS) is 22.8. The van der Waals surface area contributed by atoms with E-state index in [4.69, 9.17) is 4.74 Å². The molecule has 2 aliphatic heterocycles. The van der Waals surface area contributed by atoms with Crippen molar-refractivity contribution in [2.45, 2.75) is 71.6 Å². The Hall–Kier alpha value is -2.56. The second kappa shape index (κ2) is 8.52. The van der Waals surface area contributed by atoms with E-state index in [0.29, 0.717) is 32.4 Å². The predicted molar refractivity (Wildman–Crippen MR) is 124 cm³/mol. The van der Waals surface area contributed by atoms with Crippen molar-refractivity contribution >= 4 is 12.0 Å². The minimum atomic E-state index is -0.581. The third kappa shape index (κ3) is 4.41. The van der Waals surface area contributed by atoms with E-state index in [0.717, 1.165) is 11.1 Å². The van der Waals surface area contributed by atoms with Crippen LogP contribution in [0.5, 0.6) is 0 Å². The molecule has 1 aromatic rings. The third-order valence-corrected chi connectivity index (χ3v) is 6.44. The van der Waals surface area contributed by atoms with Gasteiger partial charge in [0.25, 0.3) is 0 Å². The first-order valence-corrected chi connectivity index (χ1v) is 11.1. The molecule has 0 radical (unpaired) electrons. The van der Waals surface area contributed by atoms with Crippen molar-refractivity contribution in [1.82, 2.24) is 9.80 Å². The molecule has 0 unspecified atom stereocenters. The maximum atomic E-state index is 13.6. The van der Waals surface area contributed by atoms with Gasteiger partial charge in [0.05, 0.1) is 17.5 Å². The maximum Gasteiger partial charge on any atom is 0.410 e. The summed E-state index contributed by atoms with van der Waals surface area (Å²) >= 11 is 0. The van der Waals surface area contributed by atoms with Crippen LogP contribution in [0.25, 0.3) is 0 Å². The zero-order chi connectivity index (χ0) is 23.0. The van der Waals surface area contributed by atoms with Crippen LogP contribution < -0.4 is 0 Å². The molecule has 1 aromatic carbocycles. The number of benzene rings is 1. The molecule has 2 heterocycles. The Kier molecular flexibility index (Phi) is 6.35. The summed E-state index contributed by atoms with van der Waals surface area (Å²) in [5.74, 6) is 0.149. The lowest BCUT2D eigenvalue weighted by atomic mass is 9.76. The molecule has 5 heteroatoms. The molecule has 0 aromatic heterocycles. The van der Waals surface area contributed by atoms with Gasteiger partial charge in [0.1, 0.15) is 5.60 Å². The van der Waals surface area contributed by atoms with Crippen LogP contribution in [0.4, 0.5) is 4.79 Å². The number of carbonyl (C=O) groups excluding carboxylic acids is 2. The quantitative estimate of drug-likeness (QED) is 0.600. The predicted octanol–water partition coefficient (Wildman–Crippen LogP) is 5.33. The largest absolute Gasteiger partial charge is 0.444 e. The molecular formula is C26H36N2O3. The Labute approximate surface area is 186 Å². The van der Waals surface area contributed by atoms with Gasteiger partial charge in [-0.05, 0) is 65.0 Å². The Morgan fingerprint density at radius 2 is 1.84 bits per heavy atom. The number of ether oxygens (including phenoxy) is 1. The number of piperazine rings is 1. The van der Waals surface area contributed by atoms with Gasteiger partial charge in [-0.15, -0.1) is 13.2 Å². The number of amides is 2. The first-order chi connectivity index (χ1) is 14.5. The molecule has 0 bridgehead atoms. The summed E-state index contributed by atoms with van der Waals surface area (Å²) < 4.78 is 5.77. The fraction of sp³-hybridized carbons (Fsp3) is 0.538. The van der Waals surface area contributed by atoms with E-state index >= 15 is 0 Å². The Morgan fingerprint density at radius 1 is 1.19 bits per heavy atom. The molecule has 5 nitrogen and oxygen atoms in total. The summed E-state index contributed by atoms with van der Waals surface area (Å²) in [7, 11) is 0. The molecule has 2 amide bonds. The Bertz CT molecular complexity index is 873. The van der Waals surface area contributed by atoms with Gasteiger partial charge in [0, 0.05) is 13.1 Å². The summed E-state index contributed by atoms with van der Waals surface area (Å²) in [4.78, 5) is 30.6. The number of fused-ring (bicyclic) bond motifs is 1. The minimum absolute atomic E-state index is 0.102. The number of nitrogens with zero attached hydrogens (tertiary/aromatic N) is 2. The van der Waals surface area contributed by atoms with Crippen LogP contribution in [0.15, 0.2) is 43.5 Å². The molecule has 168 valence electrons. The molecule has 3 rings (SSSR count). The van der Waals surface area contributed by atoms with E-state index in [1.165, 1.54) is 5.56 Å². The second-order valence-corrected chi connectivity index (χ2v) is 10.0. The van der Waals surface area contributed by atoms with Gasteiger partial charge in [-0.1, -0.05) is 35.9 Å². The Morgan fingerprint density at radius 3 is 2.39 bits per heavy atom. The summed E-state index contributed by atoms with van der Waals surface area (Å²) in [6.45, 7) is 18.5. The van der Waals surface area contributed by atoms with Gasteiger partial charge in [0.15, 0.2) is 0 Å². The fourth-order valence-corrected chi connectivity index (χ4v) is 5.20. The lowest BCUT2D eigenvalue weighted by molar-refractivity contribution is -0.139. The van der Waals surface area contributed by atoms with E-state index in [2.05, 4.69) is 45.2 Å². The van der Waals surface area contributed by atoms with Crippen LogP contribution in [0.2, 0.25) is 0 Å². The zero-order valence-electron chi connectivity index (χ0n) is 19.6. The van der Waals surface area contributed by atoms with Gasteiger partial charge < -0.3 is 9.64 Å². The van der Waals surface area contributed by atoms with E-state index in [1.54, 1.807) is 0 Å². The highest BCUT2D eigenvalue weighted by atomic mass is 16.6. The molecule has 0 aliphatic carbocycles. The SMILES string of the molecule is C=CCC1(CC=C)C[C@H]2[C@H](c3ccc(C)cc3C)N(C(=O)OC(C)(C)C)CCN2C1=O. The second-order valence-electron chi connectivity index (χ2n) is 10.0. The molecule has 0 N–H and O–H groups in total. The van der Waals surface area contributed by atoms with Crippen LogP contribution in [0.3, 0.4) is 0 Å². The summed E-state index contributed by atoms with van der Waals surface area (Å²) in [5, 5.41) is 0. The van der Waals surface area contributed by atoms with Gasteiger partial charge in [0.2, 0.25) is 5.91 Å². The highest BCUT2D eigenvalue weighted by Crippen LogP contribution is 2.49.